The van der Waals surface area contributed by atoms with Gasteiger partial charge in [-0.1, -0.05) is 11.6 Å². The van der Waals surface area contributed by atoms with E-state index < -0.39 is 0 Å². The van der Waals surface area contributed by atoms with E-state index in [2.05, 4.69) is 10.6 Å². The van der Waals surface area contributed by atoms with Crippen LogP contribution in [0.3, 0.4) is 0 Å². The van der Waals surface area contributed by atoms with Crippen LogP contribution in [0.1, 0.15) is 17.7 Å². The van der Waals surface area contributed by atoms with Gasteiger partial charge in [0, 0.05) is 25.1 Å². The molecule has 0 aromatic carbocycles. The molecule has 2 heterocycles. The fraction of sp³-hybridized carbons (Fsp3) is 0.583. The number of rotatable bonds is 4. The lowest BCUT2D eigenvalue weighted by Crippen LogP contribution is -2.44. The van der Waals surface area contributed by atoms with Crippen molar-refractivity contribution in [2.45, 2.75) is 25.0 Å². The zero-order valence-corrected chi connectivity index (χ0v) is 13.2. The van der Waals surface area contributed by atoms with Gasteiger partial charge in [0.1, 0.15) is 0 Å². The summed E-state index contributed by atoms with van der Waals surface area (Å²) in [7, 11) is 1.67. The molecule has 0 bridgehead atoms. The second-order valence-electron chi connectivity index (χ2n) is 4.41. The van der Waals surface area contributed by atoms with Gasteiger partial charge in [0.2, 0.25) is 5.91 Å². The van der Waals surface area contributed by atoms with Gasteiger partial charge in [-0.2, -0.15) is 0 Å². The lowest BCUT2D eigenvalue weighted by Gasteiger charge is -2.20. The Kier molecular flexibility index (Phi) is 6.56. The molecule has 7 heteroatoms. The fourth-order valence-corrected chi connectivity index (χ4v) is 3.16. The summed E-state index contributed by atoms with van der Waals surface area (Å²) < 4.78 is 6.03. The van der Waals surface area contributed by atoms with Crippen LogP contribution in [0.5, 0.6) is 0 Å². The average Bonchev–Trinajstić information content (AvgIpc) is 2.96. The monoisotopic (exact) mass is 324 g/mol. The molecule has 1 aliphatic rings. The van der Waals surface area contributed by atoms with E-state index in [1.807, 2.05) is 19.1 Å². The molecule has 0 radical (unpaired) electrons. The van der Waals surface area contributed by atoms with E-state index >= 15 is 0 Å². The van der Waals surface area contributed by atoms with Crippen LogP contribution in [0.15, 0.2) is 12.1 Å². The van der Waals surface area contributed by atoms with E-state index in [0.29, 0.717) is 4.34 Å². The second-order valence-corrected chi connectivity index (χ2v) is 6.16. The Morgan fingerprint density at radius 1 is 1.58 bits per heavy atom. The van der Waals surface area contributed by atoms with Crippen LogP contribution in [0.25, 0.3) is 0 Å². The Hall–Kier alpha value is -0.330. The van der Waals surface area contributed by atoms with Crippen LogP contribution in [0.2, 0.25) is 4.34 Å². The summed E-state index contributed by atoms with van der Waals surface area (Å²) in [6, 6.07) is 3.76. The van der Waals surface area contributed by atoms with Crippen LogP contribution in [0, 0.1) is 0 Å². The maximum absolute atomic E-state index is 12.1. The number of amides is 1. The van der Waals surface area contributed by atoms with Crippen molar-refractivity contribution in [1.82, 2.24) is 10.6 Å². The van der Waals surface area contributed by atoms with Crippen LogP contribution >= 0.6 is 35.3 Å². The number of carbonyl (C=O) groups is 1. The van der Waals surface area contributed by atoms with E-state index in [4.69, 9.17) is 16.3 Å². The highest BCUT2D eigenvalue weighted by atomic mass is 35.5. The first-order valence-corrected chi connectivity index (χ1v) is 7.10. The molecule has 1 aromatic rings. The summed E-state index contributed by atoms with van der Waals surface area (Å²) in [6.07, 6.45) is 0.0491. The number of methoxy groups -OCH3 is 1. The molecule has 3 atom stereocenters. The molecule has 0 saturated carbocycles. The number of thiophene rings is 1. The summed E-state index contributed by atoms with van der Waals surface area (Å²) in [5, 5.41) is 6.23. The van der Waals surface area contributed by atoms with Crippen LogP contribution in [-0.4, -0.2) is 38.3 Å². The number of nitrogens with one attached hydrogen (secondary N) is 2. The van der Waals surface area contributed by atoms with Gasteiger partial charge in [0.15, 0.2) is 0 Å². The van der Waals surface area contributed by atoms with E-state index in [-0.39, 0.29) is 36.4 Å². The van der Waals surface area contributed by atoms with Crippen LogP contribution < -0.4 is 10.6 Å². The smallest absolute Gasteiger partial charge is 0.228 e. The molecular formula is C12H18Cl2N2O2S. The lowest BCUT2D eigenvalue weighted by atomic mass is 10.1. The molecule has 1 fully saturated rings. The van der Waals surface area contributed by atoms with Crippen molar-refractivity contribution in [2.24, 2.45) is 0 Å². The highest BCUT2D eigenvalue weighted by molar-refractivity contribution is 7.16. The summed E-state index contributed by atoms with van der Waals surface area (Å²) in [5.74, 6) is -0.162. The normalized spacial score (nSPS) is 23.7. The van der Waals surface area contributed by atoms with Crippen molar-refractivity contribution >= 4 is 41.3 Å². The Balaban J connectivity index is 0.00000180. The Morgan fingerprint density at radius 2 is 2.32 bits per heavy atom. The molecule has 3 unspecified atom stereocenters. The van der Waals surface area contributed by atoms with Crippen molar-refractivity contribution in [1.29, 1.82) is 0 Å². The van der Waals surface area contributed by atoms with Crippen molar-refractivity contribution in [3.05, 3.63) is 21.3 Å². The second kappa shape index (κ2) is 7.45. The van der Waals surface area contributed by atoms with Crippen molar-refractivity contribution < 1.29 is 9.53 Å². The first kappa shape index (κ1) is 16.7. The van der Waals surface area contributed by atoms with E-state index in [0.717, 1.165) is 18.0 Å². The maximum atomic E-state index is 12.1. The minimum atomic E-state index is -0.180. The number of halogens is 2. The molecule has 1 aromatic heterocycles. The van der Waals surface area contributed by atoms with Gasteiger partial charge in [-0.25, -0.2) is 0 Å². The average molecular weight is 325 g/mol. The van der Waals surface area contributed by atoms with Crippen molar-refractivity contribution in [3.8, 4) is 0 Å². The highest BCUT2D eigenvalue weighted by Gasteiger charge is 2.29. The Labute approximate surface area is 128 Å². The molecule has 0 aliphatic carbocycles. The molecule has 19 heavy (non-hydrogen) atoms. The van der Waals surface area contributed by atoms with E-state index in [1.54, 1.807) is 7.11 Å². The third kappa shape index (κ3) is 4.07. The van der Waals surface area contributed by atoms with Gasteiger partial charge >= 0.3 is 0 Å². The lowest BCUT2D eigenvalue weighted by molar-refractivity contribution is -0.123. The molecular weight excluding hydrogens is 307 g/mol. The van der Waals surface area contributed by atoms with Crippen LogP contribution in [0.4, 0.5) is 0 Å². The van der Waals surface area contributed by atoms with Gasteiger partial charge in [-0.15, -0.1) is 23.7 Å². The van der Waals surface area contributed by atoms with Crippen molar-refractivity contribution in [2.75, 3.05) is 20.2 Å². The zero-order chi connectivity index (χ0) is 13.1. The molecule has 0 spiro atoms. The molecule has 2 N–H and O–H groups in total. The molecule has 1 aliphatic heterocycles. The first-order valence-electron chi connectivity index (χ1n) is 5.91. The quantitative estimate of drug-likeness (QED) is 0.891. The minimum absolute atomic E-state index is 0. The largest absolute Gasteiger partial charge is 0.378 e. The topological polar surface area (TPSA) is 50.4 Å². The third-order valence-corrected chi connectivity index (χ3v) is 4.62. The molecule has 2 rings (SSSR count). The summed E-state index contributed by atoms with van der Waals surface area (Å²) in [5.41, 5.74) is 0. The number of hydrogen-bond donors (Lipinski definition) is 2. The first-order chi connectivity index (χ1) is 8.61. The predicted molar refractivity (Wildman–Crippen MR) is 80.6 cm³/mol. The number of hydrogen-bond acceptors (Lipinski definition) is 4. The molecule has 4 nitrogen and oxygen atoms in total. The number of carbonyl (C=O) groups excluding carboxylic acids is 1. The highest BCUT2D eigenvalue weighted by Crippen LogP contribution is 2.28. The van der Waals surface area contributed by atoms with E-state index in [9.17, 15) is 4.79 Å². The summed E-state index contributed by atoms with van der Waals surface area (Å²) in [4.78, 5) is 13.1. The van der Waals surface area contributed by atoms with Crippen LogP contribution in [-0.2, 0) is 9.53 Å². The predicted octanol–water partition coefficient (Wildman–Crippen LogP) is 2.03. The van der Waals surface area contributed by atoms with Crippen molar-refractivity contribution in [3.63, 3.8) is 0 Å². The standard InChI is InChI=1S/C12H17ClN2O2S.ClH/c1-7(10-3-4-11(13)18-10)12(16)15-8-5-14-6-9(8)17-2;/h3-4,7-9,14H,5-6H2,1-2H3,(H,15,16);1H. The van der Waals surface area contributed by atoms with Gasteiger partial charge in [-0.05, 0) is 19.1 Å². The van der Waals surface area contributed by atoms with Gasteiger partial charge in [0.05, 0.1) is 22.4 Å². The molecule has 108 valence electrons. The van der Waals surface area contributed by atoms with Gasteiger partial charge in [-0.3, -0.25) is 4.79 Å². The van der Waals surface area contributed by atoms with Gasteiger partial charge in [0.25, 0.3) is 0 Å². The maximum Gasteiger partial charge on any atom is 0.228 e. The summed E-state index contributed by atoms with van der Waals surface area (Å²) >= 11 is 7.33. The Bertz CT molecular complexity index is 428. The minimum Gasteiger partial charge on any atom is -0.378 e. The third-order valence-electron chi connectivity index (χ3n) is 3.20. The van der Waals surface area contributed by atoms with E-state index in [1.165, 1.54) is 11.3 Å². The fourth-order valence-electron chi connectivity index (χ4n) is 2.04. The summed E-state index contributed by atoms with van der Waals surface area (Å²) in [6.45, 7) is 3.42. The SMILES string of the molecule is COC1CNCC1NC(=O)C(C)c1ccc(Cl)s1.Cl. The van der Waals surface area contributed by atoms with Gasteiger partial charge < -0.3 is 15.4 Å². The number of ether oxygens (including phenoxy) is 1. The Morgan fingerprint density at radius 3 is 2.89 bits per heavy atom. The zero-order valence-electron chi connectivity index (χ0n) is 10.8. The molecule has 1 amide bonds. The molecule has 1 saturated heterocycles.